The first-order valence-electron chi connectivity index (χ1n) is 6.57. The fourth-order valence-electron chi connectivity index (χ4n) is 2.07. The molecule has 0 bridgehead atoms. The summed E-state index contributed by atoms with van der Waals surface area (Å²) in [6.45, 7) is 0. The summed E-state index contributed by atoms with van der Waals surface area (Å²) in [6, 6.07) is 22.8. The number of benzene rings is 1. The Balaban J connectivity index is 1.96. The Labute approximate surface area is 120 Å². The van der Waals surface area contributed by atoms with Crippen molar-refractivity contribution in [2.24, 2.45) is 0 Å². The van der Waals surface area contributed by atoms with Crippen molar-refractivity contribution in [2.45, 2.75) is 6.16 Å². The van der Waals surface area contributed by atoms with Gasteiger partial charge >= 0.3 is 0 Å². The molecule has 98 valence electrons. The summed E-state index contributed by atoms with van der Waals surface area (Å²) in [5.74, 6) is 0. The van der Waals surface area contributed by atoms with Crippen molar-refractivity contribution in [1.82, 2.24) is 9.97 Å². The summed E-state index contributed by atoms with van der Waals surface area (Å²) in [5.41, 5.74) is 3.59. The number of hydrogen-bond acceptors (Lipinski definition) is 2. The second-order valence-corrected chi connectivity index (χ2v) is 6.54. The van der Waals surface area contributed by atoms with Crippen molar-refractivity contribution in [2.75, 3.05) is 0 Å². The van der Waals surface area contributed by atoms with Crippen LogP contribution in [0.15, 0.2) is 79.1 Å². The summed E-state index contributed by atoms with van der Waals surface area (Å²) in [5, 5.41) is 0. The molecular weight excluding hydrogens is 263 g/mol. The maximum Gasteiger partial charge on any atom is 0.0695 e. The molecule has 2 aromatic heterocycles. The molecule has 0 N–H and O–H groups in total. The zero-order valence-electron chi connectivity index (χ0n) is 11.1. The smallest absolute Gasteiger partial charge is 0.0695 e. The van der Waals surface area contributed by atoms with E-state index in [1.54, 1.807) is 0 Å². The Kier molecular flexibility index (Phi) is 4.15. The average Bonchev–Trinajstić information content (AvgIpc) is 2.55. The van der Waals surface area contributed by atoms with Crippen LogP contribution < -0.4 is 10.9 Å². The minimum absolute atomic E-state index is 0.549. The zero-order valence-corrected chi connectivity index (χ0v) is 11.9. The summed E-state index contributed by atoms with van der Waals surface area (Å²) < 4.78 is 0. The van der Waals surface area contributed by atoms with Crippen LogP contribution in [0, 0.1) is 0 Å². The van der Waals surface area contributed by atoms with Gasteiger partial charge in [0.2, 0.25) is 0 Å². The molecule has 0 aliphatic heterocycles. The fourth-order valence-corrected chi connectivity index (χ4v) is 4.15. The van der Waals surface area contributed by atoms with Crippen LogP contribution in [-0.2, 0) is 6.16 Å². The van der Waals surface area contributed by atoms with Gasteiger partial charge in [0, 0.05) is 26.5 Å². The van der Waals surface area contributed by atoms with Crippen molar-refractivity contribution in [3.05, 3.63) is 84.7 Å². The topological polar surface area (TPSA) is 25.8 Å². The summed E-state index contributed by atoms with van der Waals surface area (Å²) >= 11 is 0. The first kappa shape index (κ1) is 13.0. The van der Waals surface area contributed by atoms with Gasteiger partial charge in [0.05, 0.1) is 10.9 Å². The highest BCUT2D eigenvalue weighted by molar-refractivity contribution is 7.71. The second-order valence-electron chi connectivity index (χ2n) is 4.45. The predicted octanol–water partition coefficient (Wildman–Crippen LogP) is 3.11. The molecule has 0 spiro atoms. The maximum atomic E-state index is 4.54. The average molecular weight is 278 g/mol. The highest BCUT2D eigenvalue weighted by atomic mass is 31.1. The summed E-state index contributed by atoms with van der Waals surface area (Å²) in [4.78, 5) is 9.08. The third-order valence-corrected chi connectivity index (χ3v) is 5.35. The fraction of sp³-hybridized carbons (Fsp3) is 0.0588. The van der Waals surface area contributed by atoms with Crippen molar-refractivity contribution >= 4 is 18.8 Å². The molecule has 0 saturated heterocycles. The third kappa shape index (κ3) is 3.09. The van der Waals surface area contributed by atoms with E-state index < -0.39 is 7.92 Å². The molecule has 2 nitrogen and oxygen atoms in total. The molecule has 1 aromatic carbocycles. The number of hydrogen-bond donors (Lipinski definition) is 0. The van der Waals surface area contributed by atoms with Crippen LogP contribution in [0.1, 0.15) is 5.56 Å². The van der Waals surface area contributed by atoms with Gasteiger partial charge in [0.25, 0.3) is 0 Å². The first-order valence-corrected chi connectivity index (χ1v) is 8.10. The van der Waals surface area contributed by atoms with Crippen LogP contribution in [0.4, 0.5) is 0 Å². The quantitative estimate of drug-likeness (QED) is 0.685. The first-order chi connectivity index (χ1) is 9.93. The Bertz CT molecular complexity index is 602. The van der Waals surface area contributed by atoms with E-state index in [1.807, 2.05) is 42.7 Å². The molecule has 3 rings (SSSR count). The Morgan fingerprint density at radius 2 is 1.20 bits per heavy atom. The van der Waals surface area contributed by atoms with Crippen molar-refractivity contribution in [3.63, 3.8) is 0 Å². The van der Waals surface area contributed by atoms with E-state index in [9.17, 15) is 0 Å². The molecule has 0 saturated carbocycles. The highest BCUT2D eigenvalue weighted by Crippen LogP contribution is 2.35. The van der Waals surface area contributed by atoms with E-state index in [2.05, 4.69) is 46.4 Å². The number of nitrogens with zero attached hydrogens (tertiary/aromatic N) is 2. The van der Waals surface area contributed by atoms with Crippen molar-refractivity contribution in [1.29, 1.82) is 0 Å². The monoisotopic (exact) mass is 278 g/mol. The molecule has 0 aliphatic rings. The lowest BCUT2D eigenvalue weighted by atomic mass is 10.2. The van der Waals surface area contributed by atoms with Crippen molar-refractivity contribution < 1.29 is 0 Å². The molecule has 20 heavy (non-hydrogen) atoms. The van der Waals surface area contributed by atoms with Gasteiger partial charge in [0.1, 0.15) is 0 Å². The summed E-state index contributed by atoms with van der Waals surface area (Å²) in [7, 11) is -0.549. The molecule has 3 aromatic rings. The van der Waals surface area contributed by atoms with E-state index in [1.165, 1.54) is 5.56 Å². The van der Waals surface area contributed by atoms with Gasteiger partial charge in [-0.05, 0) is 29.8 Å². The van der Waals surface area contributed by atoms with Crippen molar-refractivity contribution in [3.8, 4) is 0 Å². The van der Waals surface area contributed by atoms with E-state index in [0.717, 1.165) is 17.0 Å². The van der Waals surface area contributed by atoms with Crippen LogP contribution in [-0.4, -0.2) is 9.97 Å². The Hall–Kier alpha value is -2.05. The third-order valence-electron chi connectivity index (χ3n) is 3.04. The molecule has 3 heteroatoms. The molecule has 0 fully saturated rings. The standard InChI is InChI=1S/C17H15N2P/c1-2-8-15(9-3-1)14-20(16-10-4-6-12-18-16)17-11-5-7-13-19-17/h1-13H,14H2. The molecule has 0 unspecified atom stereocenters. The van der Waals surface area contributed by atoms with Gasteiger partial charge in [-0.15, -0.1) is 0 Å². The molecule has 0 radical (unpaired) electrons. The van der Waals surface area contributed by atoms with Crippen LogP contribution in [0.3, 0.4) is 0 Å². The van der Waals surface area contributed by atoms with E-state index >= 15 is 0 Å². The number of pyridine rings is 2. The lowest BCUT2D eigenvalue weighted by Gasteiger charge is -2.16. The lowest BCUT2D eigenvalue weighted by Crippen LogP contribution is -2.18. The van der Waals surface area contributed by atoms with Gasteiger partial charge in [-0.3, -0.25) is 9.97 Å². The lowest BCUT2D eigenvalue weighted by molar-refractivity contribution is 1.33. The molecule has 0 atom stereocenters. The molecule has 0 aliphatic carbocycles. The predicted molar refractivity (Wildman–Crippen MR) is 84.8 cm³/mol. The van der Waals surface area contributed by atoms with Crippen LogP contribution >= 0.6 is 7.92 Å². The molecule has 2 heterocycles. The van der Waals surface area contributed by atoms with E-state index in [-0.39, 0.29) is 0 Å². The second kappa shape index (κ2) is 6.40. The van der Waals surface area contributed by atoms with Gasteiger partial charge in [-0.1, -0.05) is 42.5 Å². The largest absolute Gasteiger partial charge is 0.256 e. The van der Waals surface area contributed by atoms with E-state index in [4.69, 9.17) is 0 Å². The normalized spacial score (nSPS) is 10.7. The Morgan fingerprint density at radius 1 is 0.650 bits per heavy atom. The van der Waals surface area contributed by atoms with Gasteiger partial charge in [-0.2, -0.15) is 0 Å². The van der Waals surface area contributed by atoms with Crippen LogP contribution in [0.2, 0.25) is 0 Å². The van der Waals surface area contributed by atoms with Gasteiger partial charge < -0.3 is 0 Å². The van der Waals surface area contributed by atoms with E-state index in [0.29, 0.717) is 0 Å². The van der Waals surface area contributed by atoms with Gasteiger partial charge in [0.15, 0.2) is 0 Å². The van der Waals surface area contributed by atoms with Gasteiger partial charge in [-0.25, -0.2) is 0 Å². The SMILES string of the molecule is c1ccc(CP(c2ccccn2)c2ccccn2)cc1. The molecule has 0 amide bonds. The minimum atomic E-state index is -0.549. The zero-order chi connectivity index (χ0) is 13.6. The van der Waals surface area contributed by atoms with Crippen LogP contribution in [0.5, 0.6) is 0 Å². The minimum Gasteiger partial charge on any atom is -0.256 e. The number of aromatic nitrogens is 2. The van der Waals surface area contributed by atoms with Crippen LogP contribution in [0.25, 0.3) is 0 Å². The maximum absolute atomic E-state index is 4.54. The number of rotatable bonds is 4. The summed E-state index contributed by atoms with van der Waals surface area (Å²) in [6.07, 6.45) is 4.70. The highest BCUT2D eigenvalue weighted by Gasteiger charge is 2.16. The molecular formula is C17H15N2P. The Morgan fingerprint density at radius 3 is 1.70 bits per heavy atom.